The molecule has 0 fully saturated rings. The summed E-state index contributed by atoms with van der Waals surface area (Å²) in [5.41, 5.74) is 9.98. The summed E-state index contributed by atoms with van der Waals surface area (Å²) in [4.78, 5) is 9.28. The Labute approximate surface area is 324 Å². The molecular formula is C46H47FGeIrN2O-2. The second-order valence-electron chi connectivity index (χ2n) is 15.8. The summed E-state index contributed by atoms with van der Waals surface area (Å²) in [7, 11) is 0. The van der Waals surface area contributed by atoms with Crippen molar-refractivity contribution in [2.75, 3.05) is 0 Å². The molecule has 0 aliphatic rings. The van der Waals surface area contributed by atoms with Gasteiger partial charge in [0.05, 0.1) is 5.58 Å². The number of nitrogens with zero attached hydrogens (tertiary/aromatic N) is 2. The fourth-order valence-electron chi connectivity index (χ4n) is 6.14. The largest absolute Gasteiger partial charge is 0.500 e. The van der Waals surface area contributed by atoms with E-state index in [4.69, 9.17) is 4.42 Å². The van der Waals surface area contributed by atoms with Crippen LogP contribution in [-0.4, -0.2) is 23.2 Å². The van der Waals surface area contributed by atoms with Crippen LogP contribution in [0.1, 0.15) is 58.6 Å². The summed E-state index contributed by atoms with van der Waals surface area (Å²) in [6, 6.07) is 38.2. The third kappa shape index (κ3) is 8.65. The van der Waals surface area contributed by atoms with Crippen LogP contribution in [0.4, 0.5) is 4.39 Å². The quantitative estimate of drug-likeness (QED) is 0.123. The molecule has 7 aromatic rings. The van der Waals surface area contributed by atoms with E-state index in [1.165, 1.54) is 27.7 Å². The van der Waals surface area contributed by atoms with E-state index in [0.717, 1.165) is 55.6 Å². The molecule has 4 aromatic carbocycles. The van der Waals surface area contributed by atoms with E-state index in [1.54, 1.807) is 12.1 Å². The Morgan fingerprint density at radius 1 is 0.750 bits per heavy atom. The number of hydrogen-bond acceptors (Lipinski definition) is 3. The molecule has 269 valence electrons. The number of halogens is 1. The van der Waals surface area contributed by atoms with E-state index in [2.05, 4.69) is 130 Å². The van der Waals surface area contributed by atoms with E-state index in [0.29, 0.717) is 11.8 Å². The first-order valence-corrected chi connectivity index (χ1v) is 25.1. The Kier molecular flexibility index (Phi) is 12.1. The molecule has 52 heavy (non-hydrogen) atoms. The van der Waals surface area contributed by atoms with Crippen LogP contribution in [0.3, 0.4) is 0 Å². The molecule has 3 aromatic heterocycles. The molecule has 3 nitrogen and oxygen atoms in total. The summed E-state index contributed by atoms with van der Waals surface area (Å²) < 4.78 is 21.3. The molecule has 6 heteroatoms. The smallest absolute Gasteiger partial charge is 0.128 e. The molecule has 3 heterocycles. The Balaban J connectivity index is 0.000000217. The van der Waals surface area contributed by atoms with Gasteiger partial charge in [0, 0.05) is 37.3 Å². The SMILES string of the molecule is CC(C)(C)c1cc[c-]c(-c2cc[c]([Ge]([CH3])([CH3])[CH3])cn2)c1.CC(C)C(C)c1ccnc(-c2[c-]ccc3c2oc2c(-c4ccc(F)cc4)cccc23)c1.[Ir]. The van der Waals surface area contributed by atoms with Crippen molar-refractivity contribution in [1.82, 2.24) is 9.97 Å². The molecule has 0 aliphatic carbocycles. The summed E-state index contributed by atoms with van der Waals surface area (Å²) in [6.45, 7) is 13.4. The van der Waals surface area contributed by atoms with Gasteiger partial charge in [0.25, 0.3) is 0 Å². The molecule has 1 radical (unpaired) electrons. The first kappa shape index (κ1) is 39.3. The number of rotatable bonds is 6. The maximum atomic E-state index is 13.4. The first-order valence-electron chi connectivity index (χ1n) is 17.8. The number of furan rings is 1. The second kappa shape index (κ2) is 16.0. The van der Waals surface area contributed by atoms with Gasteiger partial charge in [-0.05, 0) is 41.3 Å². The van der Waals surface area contributed by atoms with Crippen LogP contribution in [0.5, 0.6) is 0 Å². The minimum Gasteiger partial charge on any atom is -0.500 e. The monoisotopic (exact) mass is 929 g/mol. The number of pyridine rings is 2. The Morgan fingerprint density at radius 2 is 1.46 bits per heavy atom. The predicted octanol–water partition coefficient (Wildman–Crippen LogP) is 12.4. The van der Waals surface area contributed by atoms with E-state index in [-0.39, 0.29) is 31.3 Å². The summed E-state index contributed by atoms with van der Waals surface area (Å²) in [5, 5.41) is 2.05. The van der Waals surface area contributed by atoms with Crippen LogP contribution in [0, 0.1) is 23.9 Å². The average Bonchev–Trinajstić information content (AvgIpc) is 3.51. The van der Waals surface area contributed by atoms with Gasteiger partial charge in [-0.2, -0.15) is 0 Å². The van der Waals surface area contributed by atoms with Crippen molar-refractivity contribution in [3.63, 3.8) is 0 Å². The maximum Gasteiger partial charge on any atom is 0.128 e. The molecule has 0 saturated carbocycles. The van der Waals surface area contributed by atoms with E-state index in [1.807, 2.05) is 36.5 Å². The maximum absolute atomic E-state index is 13.4. The number of fused-ring (bicyclic) bond motifs is 3. The van der Waals surface area contributed by atoms with Crippen molar-refractivity contribution in [3.8, 4) is 33.6 Å². The van der Waals surface area contributed by atoms with Crippen molar-refractivity contribution in [3.05, 3.63) is 139 Å². The standard InChI is InChI=1S/C28H23FNO.C18H24GeN.Ir/c1-17(2)18(3)20-14-15-30-26(16-20)25-9-5-8-24-23-7-4-6-22(27(23)31-28(24)25)19-10-12-21(29)13-11-19;1-18(2,3)15-9-7-8-14(12-15)17-11-10-16(13-20-17)19(4,5)6;/h4-8,10-18H,1-3H3;7,9-13H,1-6H3;/q2*-1;. The van der Waals surface area contributed by atoms with E-state index < -0.39 is 13.3 Å². The van der Waals surface area contributed by atoms with Gasteiger partial charge in [-0.3, -0.25) is 0 Å². The van der Waals surface area contributed by atoms with Crippen LogP contribution in [0.2, 0.25) is 17.3 Å². The third-order valence-corrected chi connectivity index (χ3v) is 14.0. The predicted molar refractivity (Wildman–Crippen MR) is 215 cm³/mol. The van der Waals surface area contributed by atoms with Crippen LogP contribution < -0.4 is 4.40 Å². The summed E-state index contributed by atoms with van der Waals surface area (Å²) in [6.07, 6.45) is 3.93. The van der Waals surface area contributed by atoms with E-state index >= 15 is 0 Å². The van der Waals surface area contributed by atoms with Crippen molar-refractivity contribution in [2.24, 2.45) is 5.92 Å². The van der Waals surface area contributed by atoms with Crippen molar-refractivity contribution in [2.45, 2.75) is 70.1 Å². The van der Waals surface area contributed by atoms with Gasteiger partial charge in [0.2, 0.25) is 0 Å². The van der Waals surface area contributed by atoms with E-state index in [9.17, 15) is 4.39 Å². The average molecular weight is 928 g/mol. The van der Waals surface area contributed by atoms with Crippen LogP contribution in [0.15, 0.2) is 114 Å². The van der Waals surface area contributed by atoms with Gasteiger partial charge >= 0.3 is 126 Å². The molecule has 7 rings (SSSR count). The number of para-hydroxylation sites is 1. The van der Waals surface area contributed by atoms with Crippen molar-refractivity contribution >= 4 is 39.6 Å². The Bertz CT molecular complexity index is 2280. The minimum absolute atomic E-state index is 0. The fourth-order valence-corrected chi connectivity index (χ4v) is 8.31. The van der Waals surface area contributed by atoms with Crippen molar-refractivity contribution < 1.29 is 28.9 Å². The Morgan fingerprint density at radius 3 is 2.12 bits per heavy atom. The Hall–Kier alpha value is -3.90. The number of hydrogen-bond donors (Lipinski definition) is 0. The first-order chi connectivity index (χ1) is 24.2. The van der Waals surface area contributed by atoms with Gasteiger partial charge in [0.15, 0.2) is 0 Å². The van der Waals surface area contributed by atoms with Crippen LogP contribution in [-0.2, 0) is 25.5 Å². The topological polar surface area (TPSA) is 38.9 Å². The number of aromatic nitrogens is 2. The molecule has 1 atom stereocenters. The second-order valence-corrected chi connectivity index (χ2v) is 26.5. The molecular weight excluding hydrogens is 880 g/mol. The molecule has 0 bridgehead atoms. The number of benzene rings is 4. The fraction of sp³-hybridized carbons (Fsp3) is 0.261. The van der Waals surface area contributed by atoms with Gasteiger partial charge in [0.1, 0.15) is 11.4 Å². The molecule has 0 amide bonds. The molecule has 0 N–H and O–H groups in total. The molecule has 0 spiro atoms. The van der Waals surface area contributed by atoms with Gasteiger partial charge in [-0.15, -0.1) is 18.2 Å². The zero-order valence-corrected chi connectivity index (χ0v) is 36.1. The minimum atomic E-state index is -1.76. The van der Waals surface area contributed by atoms with Crippen LogP contribution in [0.25, 0.3) is 55.6 Å². The zero-order valence-electron chi connectivity index (χ0n) is 31.6. The van der Waals surface area contributed by atoms with Crippen LogP contribution >= 0.6 is 0 Å². The molecule has 1 unspecified atom stereocenters. The van der Waals surface area contributed by atoms with Gasteiger partial charge in [-0.1, -0.05) is 73.7 Å². The normalized spacial score (nSPS) is 12.4. The molecule has 0 aliphatic heterocycles. The van der Waals surface area contributed by atoms with Crippen molar-refractivity contribution in [1.29, 1.82) is 0 Å². The van der Waals surface area contributed by atoms with Gasteiger partial charge in [-0.25, -0.2) is 4.39 Å². The third-order valence-electron chi connectivity index (χ3n) is 9.75. The van der Waals surface area contributed by atoms with Gasteiger partial charge < -0.3 is 9.40 Å². The summed E-state index contributed by atoms with van der Waals surface area (Å²) >= 11 is -1.76. The summed E-state index contributed by atoms with van der Waals surface area (Å²) in [5.74, 6) is 7.90. The zero-order chi connectivity index (χ0) is 36.5. The molecule has 0 saturated heterocycles.